The van der Waals surface area contributed by atoms with E-state index < -0.39 is 11.0 Å². The molecule has 1 aliphatic carbocycles. The zero-order chi connectivity index (χ0) is 20.2. The second-order valence-corrected chi connectivity index (χ2v) is 9.26. The minimum absolute atomic E-state index is 0.0341. The van der Waals surface area contributed by atoms with Crippen molar-refractivity contribution in [1.82, 2.24) is 4.90 Å². The molecule has 0 aromatic heterocycles. The number of rotatable bonds is 2. The molecule has 0 bridgehead atoms. The molecule has 1 heterocycles. The van der Waals surface area contributed by atoms with Crippen molar-refractivity contribution in [2.45, 2.75) is 78.2 Å². The maximum atomic E-state index is 13.2. The average Bonchev–Trinajstić information content (AvgIpc) is 2.61. The van der Waals surface area contributed by atoms with Gasteiger partial charge in [-0.25, -0.2) is 4.79 Å². The minimum Gasteiger partial charge on any atom is -0.444 e. The van der Waals surface area contributed by atoms with Crippen molar-refractivity contribution in [3.05, 3.63) is 12.7 Å². The van der Waals surface area contributed by atoms with Gasteiger partial charge in [-0.1, -0.05) is 13.0 Å². The molecule has 152 valence electrons. The summed E-state index contributed by atoms with van der Waals surface area (Å²) in [5.74, 6) is 0.514. The summed E-state index contributed by atoms with van der Waals surface area (Å²) < 4.78 is 5.49. The van der Waals surface area contributed by atoms with Gasteiger partial charge in [0.1, 0.15) is 17.2 Å². The van der Waals surface area contributed by atoms with Crippen molar-refractivity contribution >= 4 is 17.7 Å². The minimum atomic E-state index is -0.884. The molecule has 3 unspecified atom stereocenters. The molecule has 0 aromatic rings. The van der Waals surface area contributed by atoms with Crippen LogP contribution in [0.25, 0.3) is 0 Å². The Morgan fingerprint density at radius 3 is 2.56 bits per heavy atom. The van der Waals surface area contributed by atoms with Crippen LogP contribution in [0.3, 0.4) is 0 Å². The molecule has 0 aromatic carbocycles. The first-order chi connectivity index (χ1) is 12.6. The standard InChI is InChI=1S/C22H35NO4/c1-6-9-17-14-16(2)15-19(25)22(17)11-8-13-23(12-7-10-18(22)24)20(26)27-21(3,4)5/h6,16-17H,1,7-15H2,2-5H3. The Morgan fingerprint density at radius 2 is 1.93 bits per heavy atom. The molecule has 1 amide bonds. The Kier molecular flexibility index (Phi) is 6.87. The van der Waals surface area contributed by atoms with Gasteiger partial charge in [0.2, 0.25) is 0 Å². The molecule has 5 nitrogen and oxygen atoms in total. The highest BCUT2D eigenvalue weighted by atomic mass is 16.6. The Balaban J connectivity index is 2.21. The molecule has 0 radical (unpaired) electrons. The monoisotopic (exact) mass is 377 g/mol. The number of ketones is 2. The van der Waals surface area contributed by atoms with Gasteiger partial charge < -0.3 is 9.64 Å². The summed E-state index contributed by atoms with van der Waals surface area (Å²) in [5, 5.41) is 0. The van der Waals surface area contributed by atoms with Crippen LogP contribution in [0.4, 0.5) is 4.79 Å². The maximum absolute atomic E-state index is 13.2. The highest BCUT2D eigenvalue weighted by molar-refractivity contribution is 6.08. The number of Topliss-reactive ketones (excluding diaryl/α,β-unsaturated/α-hetero) is 2. The van der Waals surface area contributed by atoms with Crippen molar-refractivity contribution < 1.29 is 19.1 Å². The summed E-state index contributed by atoms with van der Waals surface area (Å²) in [6.07, 6.45) is 5.64. The van der Waals surface area contributed by atoms with E-state index >= 15 is 0 Å². The Morgan fingerprint density at radius 1 is 1.26 bits per heavy atom. The van der Waals surface area contributed by atoms with Gasteiger partial charge in [0.05, 0.1) is 5.41 Å². The smallest absolute Gasteiger partial charge is 0.410 e. The molecule has 2 rings (SSSR count). The van der Waals surface area contributed by atoms with Crippen LogP contribution in [0.15, 0.2) is 12.7 Å². The predicted molar refractivity (Wildman–Crippen MR) is 105 cm³/mol. The van der Waals surface area contributed by atoms with E-state index in [0.717, 1.165) is 6.42 Å². The maximum Gasteiger partial charge on any atom is 0.410 e. The number of allylic oxidation sites excluding steroid dienone is 1. The van der Waals surface area contributed by atoms with E-state index in [4.69, 9.17) is 4.74 Å². The van der Waals surface area contributed by atoms with Gasteiger partial charge in [0.25, 0.3) is 0 Å². The zero-order valence-corrected chi connectivity index (χ0v) is 17.4. The first-order valence-corrected chi connectivity index (χ1v) is 10.3. The van der Waals surface area contributed by atoms with E-state index in [1.54, 1.807) is 4.90 Å². The molecule has 1 saturated heterocycles. The number of carbonyl (C=O) groups is 3. The highest BCUT2D eigenvalue weighted by Gasteiger charge is 2.52. The summed E-state index contributed by atoms with van der Waals surface area (Å²) in [4.78, 5) is 40.5. The summed E-state index contributed by atoms with van der Waals surface area (Å²) in [6.45, 7) is 12.5. The molecule has 5 heteroatoms. The molecule has 27 heavy (non-hydrogen) atoms. The van der Waals surface area contributed by atoms with Gasteiger partial charge in [0, 0.05) is 25.9 Å². The topological polar surface area (TPSA) is 63.7 Å². The van der Waals surface area contributed by atoms with Gasteiger partial charge in [-0.15, -0.1) is 6.58 Å². The summed E-state index contributed by atoms with van der Waals surface area (Å²) in [7, 11) is 0. The SMILES string of the molecule is C=CCC1CC(C)CC(=O)C12CCCN(C(=O)OC(C)(C)C)CCCC2=O. The van der Waals surface area contributed by atoms with Crippen LogP contribution in [0.2, 0.25) is 0 Å². The molecule has 1 saturated carbocycles. The highest BCUT2D eigenvalue weighted by Crippen LogP contribution is 2.48. The zero-order valence-electron chi connectivity index (χ0n) is 17.4. The lowest BCUT2D eigenvalue weighted by Gasteiger charge is -2.43. The second kappa shape index (κ2) is 8.57. The van der Waals surface area contributed by atoms with Gasteiger partial charge in [-0.05, 0) is 64.7 Å². The van der Waals surface area contributed by atoms with E-state index in [0.29, 0.717) is 57.5 Å². The number of nitrogens with zero attached hydrogens (tertiary/aromatic N) is 1. The lowest BCUT2D eigenvalue weighted by molar-refractivity contribution is -0.150. The van der Waals surface area contributed by atoms with Crippen LogP contribution in [-0.4, -0.2) is 41.3 Å². The van der Waals surface area contributed by atoms with Crippen LogP contribution < -0.4 is 0 Å². The van der Waals surface area contributed by atoms with E-state index in [9.17, 15) is 14.4 Å². The molecular formula is C22H35NO4. The van der Waals surface area contributed by atoms with Gasteiger partial charge in [0.15, 0.2) is 0 Å². The molecule has 3 atom stereocenters. The van der Waals surface area contributed by atoms with E-state index in [1.165, 1.54) is 0 Å². The summed E-state index contributed by atoms with van der Waals surface area (Å²) in [6, 6.07) is 0. The lowest BCUT2D eigenvalue weighted by atomic mass is 9.57. The van der Waals surface area contributed by atoms with Crippen LogP contribution in [0.5, 0.6) is 0 Å². The molecule has 2 fully saturated rings. The van der Waals surface area contributed by atoms with Crippen molar-refractivity contribution in [2.24, 2.45) is 17.3 Å². The third-order valence-electron chi connectivity index (χ3n) is 5.85. The number of amides is 1. The molecule has 1 spiro atoms. The molecule has 2 aliphatic rings. The predicted octanol–water partition coefficient (Wildman–Crippen LogP) is 4.54. The number of hydrogen-bond acceptors (Lipinski definition) is 4. The first-order valence-electron chi connectivity index (χ1n) is 10.3. The van der Waals surface area contributed by atoms with E-state index in [2.05, 4.69) is 13.5 Å². The largest absolute Gasteiger partial charge is 0.444 e. The van der Waals surface area contributed by atoms with Gasteiger partial charge >= 0.3 is 6.09 Å². The fraction of sp³-hybridized carbons (Fsp3) is 0.773. The molecule has 1 aliphatic heterocycles. The van der Waals surface area contributed by atoms with Crippen LogP contribution in [-0.2, 0) is 14.3 Å². The average molecular weight is 378 g/mol. The lowest BCUT2D eigenvalue weighted by Crippen LogP contribution is -2.50. The van der Waals surface area contributed by atoms with Crippen molar-refractivity contribution in [1.29, 1.82) is 0 Å². The van der Waals surface area contributed by atoms with E-state index in [1.807, 2.05) is 26.8 Å². The van der Waals surface area contributed by atoms with Crippen LogP contribution >= 0.6 is 0 Å². The second-order valence-electron chi connectivity index (χ2n) is 9.26. The normalized spacial score (nSPS) is 30.4. The van der Waals surface area contributed by atoms with Gasteiger partial charge in [-0.3, -0.25) is 9.59 Å². The Hall–Kier alpha value is -1.65. The quantitative estimate of drug-likeness (QED) is 0.523. The van der Waals surface area contributed by atoms with Crippen LogP contribution in [0, 0.1) is 17.3 Å². The van der Waals surface area contributed by atoms with Crippen molar-refractivity contribution in [3.63, 3.8) is 0 Å². The van der Waals surface area contributed by atoms with Crippen LogP contribution in [0.1, 0.15) is 72.6 Å². The number of hydrogen-bond donors (Lipinski definition) is 0. The Labute approximate surface area is 163 Å². The van der Waals surface area contributed by atoms with Gasteiger partial charge in [-0.2, -0.15) is 0 Å². The van der Waals surface area contributed by atoms with Crippen molar-refractivity contribution in [3.8, 4) is 0 Å². The fourth-order valence-corrected chi connectivity index (χ4v) is 4.68. The van der Waals surface area contributed by atoms with Crippen molar-refractivity contribution in [2.75, 3.05) is 13.1 Å². The number of ether oxygens (including phenoxy) is 1. The third-order valence-corrected chi connectivity index (χ3v) is 5.85. The Bertz CT molecular complexity index is 592. The summed E-state index contributed by atoms with van der Waals surface area (Å²) in [5.41, 5.74) is -1.43. The number of carbonyl (C=O) groups excluding carboxylic acids is 3. The molecule has 0 N–H and O–H groups in total. The first kappa shape index (κ1) is 21.6. The van der Waals surface area contributed by atoms with E-state index in [-0.39, 0.29) is 23.6 Å². The summed E-state index contributed by atoms with van der Waals surface area (Å²) >= 11 is 0. The fourth-order valence-electron chi connectivity index (χ4n) is 4.68. The molecular weight excluding hydrogens is 342 g/mol. The third kappa shape index (κ3) is 4.99.